The molecule has 0 saturated carbocycles. The van der Waals surface area contributed by atoms with E-state index in [1.165, 1.54) is 6.08 Å². The Balaban J connectivity index is 2.81. The summed E-state index contributed by atoms with van der Waals surface area (Å²) >= 11 is 0. The van der Waals surface area contributed by atoms with E-state index in [0.29, 0.717) is 5.56 Å². The van der Waals surface area contributed by atoms with Crippen molar-refractivity contribution in [1.29, 1.82) is 0 Å². The van der Waals surface area contributed by atoms with Crippen LogP contribution in [0.25, 0.3) is 10.9 Å². The number of ketones is 1. The van der Waals surface area contributed by atoms with Crippen molar-refractivity contribution in [3.63, 3.8) is 0 Å². The fraction of sp³-hybridized carbons (Fsp3) is 0.0833. The van der Waals surface area contributed by atoms with Gasteiger partial charge in [-0.15, -0.1) is 0 Å². The van der Waals surface area contributed by atoms with Gasteiger partial charge < -0.3 is 4.57 Å². The molecule has 0 atom stereocenters. The number of carbonyl (C=O) groups excluding carboxylic acids is 1. The predicted molar refractivity (Wildman–Crippen MR) is 57.4 cm³/mol. The second-order valence-electron chi connectivity index (χ2n) is 3.24. The number of aryl methyl sites for hydroxylation is 1. The minimum atomic E-state index is -0.0302. The number of allylic oxidation sites excluding steroid dienone is 1. The average Bonchev–Trinajstić information content (AvgIpc) is 2.59. The van der Waals surface area contributed by atoms with Gasteiger partial charge in [0.1, 0.15) is 0 Å². The van der Waals surface area contributed by atoms with E-state index < -0.39 is 0 Å². The van der Waals surface area contributed by atoms with E-state index in [2.05, 4.69) is 6.58 Å². The lowest BCUT2D eigenvalue weighted by Crippen LogP contribution is -1.98. The predicted octanol–water partition coefficient (Wildman–Crippen LogP) is 2.55. The molecule has 0 bridgehead atoms. The lowest BCUT2D eigenvalue weighted by atomic mass is 10.1. The molecular formula is C12H11NO. The lowest BCUT2D eigenvalue weighted by Gasteiger charge is -2.02. The number of para-hydroxylation sites is 1. The van der Waals surface area contributed by atoms with Crippen LogP contribution in [0.1, 0.15) is 10.4 Å². The molecule has 2 heteroatoms. The van der Waals surface area contributed by atoms with Crippen LogP contribution in [0.15, 0.2) is 43.1 Å². The first-order valence-corrected chi connectivity index (χ1v) is 4.45. The van der Waals surface area contributed by atoms with Gasteiger partial charge in [0.15, 0.2) is 5.78 Å². The maximum atomic E-state index is 11.5. The van der Waals surface area contributed by atoms with Crippen LogP contribution in [0, 0.1) is 0 Å². The largest absolute Gasteiger partial charge is 0.350 e. The van der Waals surface area contributed by atoms with Gasteiger partial charge in [-0.3, -0.25) is 4.79 Å². The van der Waals surface area contributed by atoms with Gasteiger partial charge in [-0.2, -0.15) is 0 Å². The quantitative estimate of drug-likeness (QED) is 0.520. The fourth-order valence-electron chi connectivity index (χ4n) is 1.66. The second-order valence-corrected chi connectivity index (χ2v) is 3.24. The Labute approximate surface area is 82.5 Å². The smallest absolute Gasteiger partial charge is 0.187 e. The molecule has 2 aromatic rings. The van der Waals surface area contributed by atoms with Gasteiger partial charge in [-0.1, -0.05) is 18.7 Å². The normalized spacial score (nSPS) is 10.4. The number of hydrogen-bond acceptors (Lipinski definition) is 1. The summed E-state index contributed by atoms with van der Waals surface area (Å²) in [4.78, 5) is 11.5. The molecule has 2 rings (SSSR count). The second kappa shape index (κ2) is 3.14. The molecule has 0 unspecified atom stereocenters. The van der Waals surface area contributed by atoms with Crippen molar-refractivity contribution in [1.82, 2.24) is 4.57 Å². The molecule has 0 spiro atoms. The molecule has 70 valence electrons. The van der Waals surface area contributed by atoms with E-state index in [9.17, 15) is 4.79 Å². The first-order valence-electron chi connectivity index (χ1n) is 4.45. The number of aromatic nitrogens is 1. The third-order valence-electron chi connectivity index (χ3n) is 2.35. The van der Waals surface area contributed by atoms with Gasteiger partial charge in [0.2, 0.25) is 0 Å². The van der Waals surface area contributed by atoms with Crippen LogP contribution in [-0.2, 0) is 7.05 Å². The van der Waals surface area contributed by atoms with Crippen LogP contribution in [0.3, 0.4) is 0 Å². The first-order chi connectivity index (χ1) is 6.74. The SMILES string of the molecule is C=CC(=O)c1cccc2ccn(C)c12. The summed E-state index contributed by atoms with van der Waals surface area (Å²) in [6, 6.07) is 7.70. The van der Waals surface area contributed by atoms with E-state index in [4.69, 9.17) is 0 Å². The number of rotatable bonds is 2. The summed E-state index contributed by atoms with van der Waals surface area (Å²) in [5, 5.41) is 1.08. The van der Waals surface area contributed by atoms with Crippen molar-refractivity contribution in [2.75, 3.05) is 0 Å². The van der Waals surface area contributed by atoms with E-state index in [1.54, 1.807) is 0 Å². The molecule has 0 aliphatic carbocycles. The highest BCUT2D eigenvalue weighted by Gasteiger charge is 2.08. The molecule has 0 saturated heterocycles. The van der Waals surface area contributed by atoms with Crippen molar-refractivity contribution in [3.8, 4) is 0 Å². The third-order valence-corrected chi connectivity index (χ3v) is 2.35. The minimum absolute atomic E-state index is 0.0302. The lowest BCUT2D eigenvalue weighted by molar-refractivity contribution is 0.104. The van der Waals surface area contributed by atoms with Gasteiger partial charge in [0, 0.05) is 24.2 Å². The summed E-state index contributed by atoms with van der Waals surface area (Å²) < 4.78 is 1.95. The fourth-order valence-corrected chi connectivity index (χ4v) is 1.66. The summed E-state index contributed by atoms with van der Waals surface area (Å²) in [5.41, 5.74) is 1.68. The highest BCUT2D eigenvalue weighted by molar-refractivity contribution is 6.12. The highest BCUT2D eigenvalue weighted by Crippen LogP contribution is 2.19. The zero-order valence-electron chi connectivity index (χ0n) is 8.03. The maximum absolute atomic E-state index is 11.5. The van der Waals surface area contributed by atoms with Gasteiger partial charge in [-0.25, -0.2) is 0 Å². The number of carbonyl (C=O) groups is 1. The summed E-state index contributed by atoms with van der Waals surface area (Å²) in [6.07, 6.45) is 3.30. The molecule has 0 aliphatic rings. The Bertz CT molecular complexity index is 508. The Morgan fingerprint density at radius 1 is 1.43 bits per heavy atom. The Morgan fingerprint density at radius 2 is 2.21 bits per heavy atom. The molecule has 1 aromatic heterocycles. The van der Waals surface area contributed by atoms with Gasteiger partial charge in [0.25, 0.3) is 0 Å². The first kappa shape index (κ1) is 8.75. The van der Waals surface area contributed by atoms with Crippen molar-refractivity contribution < 1.29 is 4.79 Å². The maximum Gasteiger partial charge on any atom is 0.187 e. The van der Waals surface area contributed by atoms with Crippen molar-refractivity contribution in [2.45, 2.75) is 0 Å². The van der Waals surface area contributed by atoms with Crippen molar-refractivity contribution in [2.24, 2.45) is 7.05 Å². The van der Waals surface area contributed by atoms with E-state index >= 15 is 0 Å². The third kappa shape index (κ3) is 1.16. The topological polar surface area (TPSA) is 22.0 Å². The summed E-state index contributed by atoms with van der Waals surface area (Å²) in [5.74, 6) is -0.0302. The number of fused-ring (bicyclic) bond motifs is 1. The Kier molecular flexibility index (Phi) is 1.97. The standard InChI is InChI=1S/C12H11NO/c1-3-11(14)10-6-4-5-9-7-8-13(2)12(9)10/h3-8H,1H2,2H3. The van der Waals surface area contributed by atoms with Crippen LogP contribution in [0.2, 0.25) is 0 Å². The van der Waals surface area contributed by atoms with Gasteiger partial charge >= 0.3 is 0 Å². The van der Waals surface area contributed by atoms with Crippen LogP contribution < -0.4 is 0 Å². The molecule has 14 heavy (non-hydrogen) atoms. The molecule has 0 fully saturated rings. The van der Waals surface area contributed by atoms with Gasteiger partial charge in [-0.05, 0) is 18.2 Å². The molecular weight excluding hydrogens is 174 g/mol. The molecule has 2 nitrogen and oxygen atoms in total. The molecule has 0 aliphatic heterocycles. The monoisotopic (exact) mass is 185 g/mol. The zero-order chi connectivity index (χ0) is 10.1. The Morgan fingerprint density at radius 3 is 2.93 bits per heavy atom. The number of nitrogens with zero attached hydrogens (tertiary/aromatic N) is 1. The molecule has 1 aromatic carbocycles. The van der Waals surface area contributed by atoms with Crippen molar-refractivity contribution in [3.05, 3.63) is 48.7 Å². The van der Waals surface area contributed by atoms with Crippen LogP contribution >= 0.6 is 0 Å². The molecule has 0 amide bonds. The molecule has 0 radical (unpaired) electrons. The summed E-state index contributed by atoms with van der Waals surface area (Å²) in [6.45, 7) is 3.50. The van der Waals surface area contributed by atoms with Gasteiger partial charge in [0.05, 0.1) is 5.52 Å². The van der Waals surface area contributed by atoms with Crippen LogP contribution in [0.5, 0.6) is 0 Å². The van der Waals surface area contributed by atoms with Crippen LogP contribution in [-0.4, -0.2) is 10.4 Å². The average molecular weight is 185 g/mol. The van der Waals surface area contributed by atoms with Crippen molar-refractivity contribution >= 4 is 16.7 Å². The Hall–Kier alpha value is -1.83. The van der Waals surface area contributed by atoms with E-state index in [0.717, 1.165) is 10.9 Å². The van der Waals surface area contributed by atoms with Crippen LogP contribution in [0.4, 0.5) is 0 Å². The van der Waals surface area contributed by atoms with E-state index in [-0.39, 0.29) is 5.78 Å². The number of hydrogen-bond donors (Lipinski definition) is 0. The summed E-state index contributed by atoms with van der Waals surface area (Å²) in [7, 11) is 1.93. The minimum Gasteiger partial charge on any atom is -0.350 e. The molecule has 1 heterocycles. The van der Waals surface area contributed by atoms with E-state index in [1.807, 2.05) is 42.1 Å². The molecule has 0 N–H and O–H groups in total. The zero-order valence-corrected chi connectivity index (χ0v) is 8.03. The highest BCUT2D eigenvalue weighted by atomic mass is 16.1. The number of benzene rings is 1.